The van der Waals surface area contributed by atoms with Crippen LogP contribution in [0.25, 0.3) is 11.1 Å². The van der Waals surface area contributed by atoms with Crippen molar-refractivity contribution < 1.29 is 23.0 Å². The molecular formula is C20H23NO5S. The van der Waals surface area contributed by atoms with Gasteiger partial charge < -0.3 is 14.6 Å². The first-order chi connectivity index (χ1) is 13.0. The Morgan fingerprint density at radius 1 is 1.26 bits per heavy atom. The minimum absolute atomic E-state index is 0.0678. The molecule has 0 saturated heterocycles. The number of nitrogens with zero attached hydrogens (tertiary/aromatic N) is 1. The van der Waals surface area contributed by atoms with E-state index >= 15 is 0 Å². The van der Waals surface area contributed by atoms with Crippen molar-refractivity contribution in [3.8, 4) is 16.9 Å². The van der Waals surface area contributed by atoms with Crippen LogP contribution in [0, 0.1) is 0 Å². The summed E-state index contributed by atoms with van der Waals surface area (Å²) in [6.45, 7) is 2.98. The van der Waals surface area contributed by atoms with Crippen molar-refractivity contribution in [3.05, 3.63) is 47.3 Å². The van der Waals surface area contributed by atoms with E-state index in [1.165, 1.54) is 0 Å². The van der Waals surface area contributed by atoms with Gasteiger partial charge in [0.1, 0.15) is 5.75 Å². The first-order valence-electron chi connectivity index (χ1n) is 9.18. The summed E-state index contributed by atoms with van der Waals surface area (Å²) in [4.78, 5) is 4.37. The fourth-order valence-electron chi connectivity index (χ4n) is 3.76. The van der Waals surface area contributed by atoms with E-state index in [1.807, 2.05) is 18.2 Å². The maximum absolute atomic E-state index is 12.1. The summed E-state index contributed by atoms with van der Waals surface area (Å²) in [5.74, 6) is 0.684. The molecule has 7 heteroatoms. The number of aliphatic hydroxyl groups is 1. The lowest BCUT2D eigenvalue weighted by Crippen LogP contribution is -2.25. The summed E-state index contributed by atoms with van der Waals surface area (Å²) >= 11 is 0. The lowest BCUT2D eigenvalue weighted by atomic mass is 9.89. The molecule has 4 rings (SSSR count). The highest BCUT2D eigenvalue weighted by molar-refractivity contribution is 7.91. The van der Waals surface area contributed by atoms with E-state index in [0.717, 1.165) is 27.8 Å². The third-order valence-corrected chi connectivity index (χ3v) is 7.11. The third kappa shape index (κ3) is 3.59. The van der Waals surface area contributed by atoms with Crippen LogP contribution in [0.4, 0.5) is 0 Å². The van der Waals surface area contributed by atoms with Gasteiger partial charge in [0.15, 0.2) is 9.84 Å². The summed E-state index contributed by atoms with van der Waals surface area (Å²) in [5, 5.41) is 10.3. The zero-order valence-corrected chi connectivity index (χ0v) is 16.0. The average Bonchev–Trinajstić information content (AvgIpc) is 2.68. The molecule has 0 bridgehead atoms. The predicted molar refractivity (Wildman–Crippen MR) is 101 cm³/mol. The van der Waals surface area contributed by atoms with Crippen LogP contribution in [0.3, 0.4) is 0 Å². The molecule has 1 N–H and O–H groups in total. The number of aromatic nitrogens is 1. The first-order valence-corrected chi connectivity index (χ1v) is 11.0. The van der Waals surface area contributed by atoms with Gasteiger partial charge in [0.2, 0.25) is 0 Å². The molecule has 0 radical (unpaired) electrons. The van der Waals surface area contributed by atoms with Gasteiger partial charge in [0, 0.05) is 41.6 Å². The number of sulfone groups is 1. The second kappa shape index (κ2) is 7.22. The van der Waals surface area contributed by atoms with E-state index in [4.69, 9.17) is 9.47 Å². The van der Waals surface area contributed by atoms with Gasteiger partial charge in [-0.2, -0.15) is 0 Å². The number of aliphatic hydroxyl groups excluding tert-OH is 1. The van der Waals surface area contributed by atoms with Crippen molar-refractivity contribution in [1.29, 1.82) is 0 Å². The lowest BCUT2D eigenvalue weighted by molar-refractivity contribution is 0.0958. The average molecular weight is 389 g/mol. The molecule has 0 saturated carbocycles. The van der Waals surface area contributed by atoms with Gasteiger partial charge >= 0.3 is 0 Å². The fourth-order valence-corrected chi connectivity index (χ4v) is 4.89. The molecule has 0 fully saturated rings. The molecule has 1 aromatic heterocycles. The Morgan fingerprint density at radius 3 is 2.93 bits per heavy atom. The van der Waals surface area contributed by atoms with Crippen molar-refractivity contribution in [2.24, 2.45) is 0 Å². The summed E-state index contributed by atoms with van der Waals surface area (Å²) in [5.41, 5.74) is 4.51. The van der Waals surface area contributed by atoms with Crippen LogP contribution in [-0.2, 0) is 21.2 Å². The Morgan fingerprint density at radius 2 is 2.11 bits per heavy atom. The molecule has 2 aliphatic heterocycles. The molecule has 0 amide bonds. The highest BCUT2D eigenvalue weighted by Crippen LogP contribution is 2.38. The summed E-state index contributed by atoms with van der Waals surface area (Å²) in [6.07, 6.45) is 3.56. The van der Waals surface area contributed by atoms with Crippen LogP contribution < -0.4 is 4.74 Å². The first kappa shape index (κ1) is 18.4. The highest BCUT2D eigenvalue weighted by Gasteiger charge is 2.28. The predicted octanol–water partition coefficient (Wildman–Crippen LogP) is 2.61. The van der Waals surface area contributed by atoms with E-state index in [1.54, 1.807) is 19.3 Å². The Balaban J connectivity index is 1.75. The summed E-state index contributed by atoms with van der Waals surface area (Å²) in [6, 6.07) is 5.75. The van der Waals surface area contributed by atoms with Gasteiger partial charge in [-0.3, -0.25) is 4.98 Å². The van der Waals surface area contributed by atoms with Crippen LogP contribution in [0.1, 0.15) is 42.1 Å². The van der Waals surface area contributed by atoms with E-state index in [0.29, 0.717) is 32.0 Å². The van der Waals surface area contributed by atoms with Crippen LogP contribution >= 0.6 is 0 Å². The molecular weight excluding hydrogens is 366 g/mol. The van der Waals surface area contributed by atoms with E-state index in [2.05, 4.69) is 4.98 Å². The molecule has 2 unspecified atom stereocenters. The Hall–Kier alpha value is -1.96. The highest BCUT2D eigenvalue weighted by atomic mass is 32.2. The SMILES string of the molecule is CCS(=O)(=O)CC1COCc2c(-c3ccc4c(c3)C(O)CCO4)cncc21. The molecule has 3 heterocycles. The van der Waals surface area contributed by atoms with Gasteiger partial charge in [-0.15, -0.1) is 0 Å². The van der Waals surface area contributed by atoms with Crippen molar-refractivity contribution in [2.75, 3.05) is 24.7 Å². The largest absolute Gasteiger partial charge is 0.493 e. The molecule has 2 aromatic rings. The number of ether oxygens (including phenoxy) is 2. The van der Waals surface area contributed by atoms with Crippen LogP contribution in [0.15, 0.2) is 30.6 Å². The molecule has 0 aliphatic carbocycles. The molecule has 144 valence electrons. The molecule has 0 spiro atoms. The Bertz CT molecular complexity index is 957. The molecule has 1 aromatic carbocycles. The zero-order chi connectivity index (χ0) is 19.0. The van der Waals surface area contributed by atoms with Gasteiger partial charge in [-0.25, -0.2) is 8.42 Å². The van der Waals surface area contributed by atoms with Crippen LogP contribution in [-0.4, -0.2) is 43.2 Å². The van der Waals surface area contributed by atoms with E-state index in [-0.39, 0.29) is 17.4 Å². The van der Waals surface area contributed by atoms with Gasteiger partial charge in [-0.1, -0.05) is 13.0 Å². The number of rotatable bonds is 4. The lowest BCUT2D eigenvalue weighted by Gasteiger charge is -2.27. The quantitative estimate of drug-likeness (QED) is 0.865. The molecule has 27 heavy (non-hydrogen) atoms. The maximum atomic E-state index is 12.1. The molecule has 2 atom stereocenters. The van der Waals surface area contributed by atoms with Crippen molar-refractivity contribution in [3.63, 3.8) is 0 Å². The Kier molecular flexibility index (Phi) is 4.92. The standard InChI is InChI=1S/C20H23NO5S/c1-2-27(23,24)12-14-10-25-11-18-16(8-21-9-17(14)18)13-3-4-20-15(7-13)19(22)5-6-26-20/h3-4,7-9,14,19,22H,2,5-6,10-12H2,1H3. The zero-order valence-electron chi connectivity index (χ0n) is 15.2. The summed E-state index contributed by atoms with van der Waals surface area (Å²) in [7, 11) is -3.12. The number of hydrogen-bond donors (Lipinski definition) is 1. The van der Waals surface area contributed by atoms with Crippen LogP contribution in [0.2, 0.25) is 0 Å². The van der Waals surface area contributed by atoms with Crippen molar-refractivity contribution in [2.45, 2.75) is 32.0 Å². The Labute approximate surface area is 159 Å². The molecule has 6 nitrogen and oxygen atoms in total. The monoisotopic (exact) mass is 389 g/mol. The third-order valence-electron chi connectivity index (χ3n) is 5.32. The second-order valence-electron chi connectivity index (χ2n) is 7.07. The van der Waals surface area contributed by atoms with Gasteiger partial charge in [0.05, 0.1) is 31.7 Å². The smallest absolute Gasteiger partial charge is 0.150 e. The number of pyridine rings is 1. The van der Waals surface area contributed by atoms with E-state index in [9.17, 15) is 13.5 Å². The topological polar surface area (TPSA) is 85.7 Å². The number of hydrogen-bond acceptors (Lipinski definition) is 6. The minimum Gasteiger partial charge on any atom is -0.493 e. The normalized spacial score (nSPS) is 21.9. The van der Waals surface area contributed by atoms with Gasteiger partial charge in [0.25, 0.3) is 0 Å². The fraction of sp³-hybridized carbons (Fsp3) is 0.450. The molecule has 2 aliphatic rings. The maximum Gasteiger partial charge on any atom is 0.150 e. The second-order valence-corrected chi connectivity index (χ2v) is 9.47. The van der Waals surface area contributed by atoms with Crippen molar-refractivity contribution >= 4 is 9.84 Å². The van der Waals surface area contributed by atoms with Gasteiger partial charge in [-0.05, 0) is 28.8 Å². The van der Waals surface area contributed by atoms with Crippen LogP contribution in [0.5, 0.6) is 5.75 Å². The van der Waals surface area contributed by atoms with Crippen molar-refractivity contribution in [1.82, 2.24) is 4.98 Å². The number of fused-ring (bicyclic) bond motifs is 2. The van der Waals surface area contributed by atoms with E-state index < -0.39 is 15.9 Å². The number of benzene rings is 1. The minimum atomic E-state index is -3.12. The summed E-state index contributed by atoms with van der Waals surface area (Å²) < 4.78 is 35.6.